The minimum atomic E-state index is -0.208. The molecule has 0 bridgehead atoms. The number of nitrogens with one attached hydrogen (secondary N) is 1. The van der Waals surface area contributed by atoms with Crippen LogP contribution in [0, 0.1) is 6.92 Å². The van der Waals surface area contributed by atoms with Crippen molar-refractivity contribution in [3.8, 4) is 11.8 Å². The average molecular weight is 432 g/mol. The van der Waals surface area contributed by atoms with Gasteiger partial charge in [0.25, 0.3) is 11.8 Å². The van der Waals surface area contributed by atoms with Gasteiger partial charge in [0.2, 0.25) is 0 Å². The first-order chi connectivity index (χ1) is 15.5. The molecule has 1 N–H and O–H groups in total. The summed E-state index contributed by atoms with van der Waals surface area (Å²) in [5.74, 6) is 1.00. The molecule has 32 heavy (non-hydrogen) atoms. The van der Waals surface area contributed by atoms with Crippen LogP contribution in [-0.2, 0) is 0 Å². The highest BCUT2D eigenvalue weighted by atomic mass is 16.5. The van der Waals surface area contributed by atoms with Crippen molar-refractivity contribution in [3.63, 3.8) is 0 Å². The second kappa shape index (κ2) is 9.51. The van der Waals surface area contributed by atoms with E-state index in [-0.39, 0.29) is 23.7 Å². The fourth-order valence-corrected chi connectivity index (χ4v) is 3.70. The van der Waals surface area contributed by atoms with E-state index in [1.54, 1.807) is 62.9 Å². The van der Waals surface area contributed by atoms with Gasteiger partial charge in [-0.2, -0.15) is 0 Å². The summed E-state index contributed by atoms with van der Waals surface area (Å²) < 4.78 is 5.59. The summed E-state index contributed by atoms with van der Waals surface area (Å²) in [7, 11) is 1.58. The van der Waals surface area contributed by atoms with Crippen molar-refractivity contribution >= 4 is 11.8 Å². The predicted octanol–water partition coefficient (Wildman–Crippen LogP) is 2.75. The molecule has 1 fully saturated rings. The number of carbonyl (C=O) groups is 2. The molecule has 0 aliphatic carbocycles. The first-order valence-electron chi connectivity index (χ1n) is 10.4. The van der Waals surface area contributed by atoms with Crippen LogP contribution in [0.25, 0.3) is 0 Å². The number of nitrogens with zero attached hydrogens (tertiary/aromatic N) is 5. The van der Waals surface area contributed by atoms with Crippen LogP contribution in [-0.4, -0.2) is 56.8 Å². The minimum absolute atomic E-state index is 0.0305. The van der Waals surface area contributed by atoms with Gasteiger partial charge in [0, 0.05) is 50.2 Å². The van der Waals surface area contributed by atoms with E-state index in [9.17, 15) is 9.59 Å². The Balaban J connectivity index is 1.43. The third-order valence-corrected chi connectivity index (χ3v) is 5.40. The van der Waals surface area contributed by atoms with Gasteiger partial charge >= 0.3 is 6.01 Å². The van der Waals surface area contributed by atoms with Gasteiger partial charge in [0.1, 0.15) is 11.6 Å². The number of carbonyl (C=O) groups excluding carboxylic acids is 2. The lowest BCUT2D eigenvalue weighted by molar-refractivity contribution is 0.0704. The highest BCUT2D eigenvalue weighted by Gasteiger charge is 2.27. The molecular weight excluding hydrogens is 408 g/mol. The zero-order valence-electron chi connectivity index (χ0n) is 18.0. The molecule has 1 saturated heterocycles. The Kier molecular flexibility index (Phi) is 6.34. The Bertz CT molecular complexity index is 1100. The summed E-state index contributed by atoms with van der Waals surface area (Å²) in [6.07, 6.45) is 6.52. The van der Waals surface area contributed by atoms with Crippen LogP contribution in [0.15, 0.2) is 48.9 Å². The summed E-state index contributed by atoms with van der Waals surface area (Å²) in [6, 6.07) is 8.90. The van der Waals surface area contributed by atoms with E-state index in [2.05, 4.69) is 25.3 Å². The fraction of sp³-hybridized carbons (Fsp3) is 0.304. The highest BCUT2D eigenvalue weighted by molar-refractivity contribution is 5.95. The fourth-order valence-electron chi connectivity index (χ4n) is 3.70. The maximum Gasteiger partial charge on any atom is 0.321 e. The third kappa shape index (κ3) is 4.72. The number of hydrogen-bond donors (Lipinski definition) is 1. The smallest absolute Gasteiger partial charge is 0.321 e. The van der Waals surface area contributed by atoms with Gasteiger partial charge in [-0.15, -0.1) is 0 Å². The van der Waals surface area contributed by atoms with Crippen LogP contribution >= 0.6 is 0 Å². The summed E-state index contributed by atoms with van der Waals surface area (Å²) in [5, 5.41) is 2.59. The van der Waals surface area contributed by atoms with E-state index in [1.807, 2.05) is 4.90 Å². The molecule has 9 nitrogen and oxygen atoms in total. The predicted molar refractivity (Wildman–Crippen MR) is 117 cm³/mol. The second-order valence-electron chi connectivity index (χ2n) is 7.55. The average Bonchev–Trinajstić information content (AvgIpc) is 2.84. The monoisotopic (exact) mass is 432 g/mol. The number of amides is 2. The molecule has 1 aromatic carbocycles. The van der Waals surface area contributed by atoms with Gasteiger partial charge < -0.3 is 15.0 Å². The second-order valence-corrected chi connectivity index (χ2v) is 7.55. The largest absolute Gasteiger partial charge is 0.424 e. The van der Waals surface area contributed by atoms with Crippen LogP contribution in [0.1, 0.15) is 51.0 Å². The van der Waals surface area contributed by atoms with E-state index in [1.165, 1.54) is 0 Å². The molecule has 164 valence electrons. The van der Waals surface area contributed by atoms with Gasteiger partial charge in [-0.3, -0.25) is 9.59 Å². The molecule has 3 aromatic rings. The van der Waals surface area contributed by atoms with Gasteiger partial charge in [0.15, 0.2) is 0 Å². The number of aromatic nitrogens is 4. The van der Waals surface area contributed by atoms with E-state index in [0.717, 1.165) is 12.8 Å². The first-order valence-corrected chi connectivity index (χ1v) is 10.4. The van der Waals surface area contributed by atoms with Crippen molar-refractivity contribution in [2.45, 2.75) is 25.7 Å². The lowest BCUT2D eigenvalue weighted by atomic mass is 9.96. The molecule has 0 radical (unpaired) electrons. The number of aryl methyl sites for hydroxylation is 1. The molecule has 4 rings (SSSR count). The maximum absolute atomic E-state index is 13.1. The first kappa shape index (κ1) is 21.4. The summed E-state index contributed by atoms with van der Waals surface area (Å²) >= 11 is 0. The Morgan fingerprint density at radius 1 is 1.12 bits per heavy atom. The van der Waals surface area contributed by atoms with Crippen molar-refractivity contribution in [1.29, 1.82) is 0 Å². The van der Waals surface area contributed by atoms with Gasteiger partial charge in [-0.1, -0.05) is 0 Å². The van der Waals surface area contributed by atoms with Crippen molar-refractivity contribution in [2.24, 2.45) is 0 Å². The third-order valence-electron chi connectivity index (χ3n) is 5.40. The van der Waals surface area contributed by atoms with Crippen molar-refractivity contribution in [2.75, 3.05) is 20.1 Å². The Labute approximate surface area is 185 Å². The SMILES string of the molecule is CNC(=O)c1cnc([C@H]2CCCN(C(=O)c3ccc(Oc4ncccn4)cc3)C2)nc1C. The standard InChI is InChI=1S/C23H24N6O3/c1-15-19(21(30)24-2)13-27-20(28-15)17-5-3-12-29(14-17)22(31)16-6-8-18(9-7-16)32-23-25-10-4-11-26-23/h4,6-11,13,17H,3,5,12,14H2,1-2H3,(H,24,30)/t17-/m0/s1. The quantitative estimate of drug-likeness (QED) is 0.660. The van der Waals surface area contributed by atoms with Gasteiger partial charge in [-0.05, 0) is 50.1 Å². The molecular formula is C23H24N6O3. The number of likely N-dealkylation sites (tertiary alicyclic amines) is 1. The molecule has 2 aromatic heterocycles. The van der Waals surface area contributed by atoms with E-state index in [0.29, 0.717) is 41.5 Å². The zero-order valence-corrected chi connectivity index (χ0v) is 18.0. The number of ether oxygens (including phenoxy) is 1. The number of piperidine rings is 1. The van der Waals surface area contributed by atoms with Crippen LogP contribution in [0.3, 0.4) is 0 Å². The van der Waals surface area contributed by atoms with Crippen molar-refractivity contribution < 1.29 is 14.3 Å². The lowest BCUT2D eigenvalue weighted by Crippen LogP contribution is -2.39. The molecule has 1 aliphatic rings. The number of hydrogen-bond acceptors (Lipinski definition) is 7. The Morgan fingerprint density at radius 3 is 2.56 bits per heavy atom. The summed E-state index contributed by atoms with van der Waals surface area (Å²) in [5.41, 5.74) is 1.68. The maximum atomic E-state index is 13.1. The zero-order chi connectivity index (χ0) is 22.5. The topological polar surface area (TPSA) is 110 Å². The normalized spacial score (nSPS) is 15.8. The Morgan fingerprint density at radius 2 is 1.88 bits per heavy atom. The van der Waals surface area contributed by atoms with Gasteiger partial charge in [-0.25, -0.2) is 19.9 Å². The van der Waals surface area contributed by atoms with E-state index < -0.39 is 0 Å². The number of rotatable bonds is 5. The van der Waals surface area contributed by atoms with Crippen molar-refractivity contribution in [1.82, 2.24) is 30.2 Å². The lowest BCUT2D eigenvalue weighted by Gasteiger charge is -2.32. The van der Waals surface area contributed by atoms with Gasteiger partial charge in [0.05, 0.1) is 11.3 Å². The van der Waals surface area contributed by atoms with Crippen LogP contribution in [0.5, 0.6) is 11.8 Å². The molecule has 0 unspecified atom stereocenters. The minimum Gasteiger partial charge on any atom is -0.424 e. The van der Waals surface area contributed by atoms with Crippen LogP contribution < -0.4 is 10.1 Å². The number of benzene rings is 1. The van der Waals surface area contributed by atoms with Crippen LogP contribution in [0.4, 0.5) is 0 Å². The van der Waals surface area contributed by atoms with Crippen molar-refractivity contribution in [3.05, 3.63) is 71.6 Å². The van der Waals surface area contributed by atoms with Crippen LogP contribution in [0.2, 0.25) is 0 Å². The Hall–Kier alpha value is -3.88. The summed E-state index contributed by atoms with van der Waals surface area (Å²) in [6.45, 7) is 3.01. The summed E-state index contributed by atoms with van der Waals surface area (Å²) in [4.78, 5) is 43.8. The molecule has 1 atom stereocenters. The molecule has 2 amide bonds. The molecule has 1 aliphatic heterocycles. The molecule has 0 spiro atoms. The van der Waals surface area contributed by atoms with E-state index >= 15 is 0 Å². The molecule has 0 saturated carbocycles. The molecule has 3 heterocycles. The highest BCUT2D eigenvalue weighted by Crippen LogP contribution is 2.27. The van der Waals surface area contributed by atoms with E-state index in [4.69, 9.17) is 4.74 Å². The molecule has 9 heteroatoms.